The highest BCUT2D eigenvalue weighted by atomic mass is 16.5. The SMILES string of the molecule is Nc1ccc(N2CCN(C(=O)C3CCCO3)CC2)cn1. The van der Waals surface area contributed by atoms with Crippen molar-refractivity contribution in [3.05, 3.63) is 18.3 Å². The number of hydrogen-bond donors (Lipinski definition) is 1. The predicted molar refractivity (Wildman–Crippen MR) is 76.4 cm³/mol. The van der Waals surface area contributed by atoms with Gasteiger partial charge in [0.15, 0.2) is 0 Å². The van der Waals surface area contributed by atoms with Gasteiger partial charge in [-0.15, -0.1) is 0 Å². The molecule has 3 rings (SSSR count). The summed E-state index contributed by atoms with van der Waals surface area (Å²) in [6, 6.07) is 3.78. The Balaban J connectivity index is 1.56. The lowest BCUT2D eigenvalue weighted by Gasteiger charge is -2.36. The Kier molecular flexibility index (Phi) is 3.73. The molecule has 1 aromatic heterocycles. The Hall–Kier alpha value is -1.82. The molecule has 0 spiro atoms. The summed E-state index contributed by atoms with van der Waals surface area (Å²) in [4.78, 5) is 20.5. The summed E-state index contributed by atoms with van der Waals surface area (Å²) in [5.41, 5.74) is 6.65. The van der Waals surface area contributed by atoms with Crippen molar-refractivity contribution in [2.24, 2.45) is 0 Å². The first-order valence-corrected chi connectivity index (χ1v) is 7.11. The standard InChI is InChI=1S/C14H20N4O2/c15-13-4-3-11(10-16-13)17-5-7-18(8-6-17)14(19)12-2-1-9-20-12/h3-4,10,12H,1-2,5-9H2,(H2,15,16). The van der Waals surface area contributed by atoms with Crippen molar-refractivity contribution >= 4 is 17.4 Å². The third kappa shape index (κ3) is 2.70. The lowest BCUT2D eigenvalue weighted by Crippen LogP contribution is -2.51. The number of nitrogens with zero attached hydrogens (tertiary/aromatic N) is 3. The first kappa shape index (κ1) is 13.2. The average Bonchev–Trinajstić information content (AvgIpc) is 3.02. The van der Waals surface area contributed by atoms with Crippen molar-refractivity contribution < 1.29 is 9.53 Å². The number of hydrogen-bond acceptors (Lipinski definition) is 5. The van der Waals surface area contributed by atoms with Crippen molar-refractivity contribution in [3.8, 4) is 0 Å². The number of nitrogen functional groups attached to an aromatic ring is 1. The molecule has 20 heavy (non-hydrogen) atoms. The normalized spacial score (nSPS) is 23.1. The molecule has 1 atom stereocenters. The van der Waals surface area contributed by atoms with Crippen LogP contribution >= 0.6 is 0 Å². The second kappa shape index (κ2) is 5.66. The van der Waals surface area contributed by atoms with Crippen LogP contribution in [0.4, 0.5) is 11.5 Å². The van der Waals surface area contributed by atoms with E-state index in [1.54, 1.807) is 12.3 Å². The number of piperazine rings is 1. The maximum absolute atomic E-state index is 12.2. The minimum absolute atomic E-state index is 0.151. The van der Waals surface area contributed by atoms with Gasteiger partial charge in [-0.3, -0.25) is 4.79 Å². The molecule has 0 bridgehead atoms. The molecule has 1 amide bonds. The molecule has 2 aliphatic heterocycles. The van der Waals surface area contributed by atoms with Gasteiger partial charge in [0.25, 0.3) is 5.91 Å². The van der Waals surface area contributed by atoms with Crippen LogP contribution in [-0.2, 0) is 9.53 Å². The molecule has 2 N–H and O–H groups in total. The number of carbonyl (C=O) groups is 1. The van der Waals surface area contributed by atoms with Crippen LogP contribution in [0.15, 0.2) is 18.3 Å². The Morgan fingerprint density at radius 3 is 2.70 bits per heavy atom. The van der Waals surface area contributed by atoms with E-state index in [9.17, 15) is 4.79 Å². The van der Waals surface area contributed by atoms with Crippen molar-refractivity contribution in [1.29, 1.82) is 0 Å². The third-order valence-corrected chi connectivity index (χ3v) is 3.93. The zero-order chi connectivity index (χ0) is 13.9. The van der Waals surface area contributed by atoms with E-state index in [1.807, 2.05) is 11.0 Å². The maximum atomic E-state index is 12.2. The molecule has 6 heteroatoms. The van der Waals surface area contributed by atoms with Crippen LogP contribution in [0, 0.1) is 0 Å². The van der Waals surface area contributed by atoms with Gasteiger partial charge in [-0.2, -0.15) is 0 Å². The highest BCUT2D eigenvalue weighted by Crippen LogP contribution is 2.19. The van der Waals surface area contributed by atoms with Gasteiger partial charge in [-0.05, 0) is 25.0 Å². The van der Waals surface area contributed by atoms with Crippen molar-refractivity contribution in [3.63, 3.8) is 0 Å². The van der Waals surface area contributed by atoms with Gasteiger partial charge < -0.3 is 20.3 Å². The van der Waals surface area contributed by atoms with Crippen LogP contribution in [0.2, 0.25) is 0 Å². The van der Waals surface area contributed by atoms with E-state index in [0.717, 1.165) is 44.7 Å². The van der Waals surface area contributed by atoms with Crippen molar-refractivity contribution in [2.45, 2.75) is 18.9 Å². The van der Waals surface area contributed by atoms with Gasteiger partial charge in [0, 0.05) is 32.8 Å². The number of carbonyl (C=O) groups excluding carboxylic acids is 1. The predicted octanol–water partition coefficient (Wildman–Crippen LogP) is 0.491. The Bertz CT molecular complexity index is 463. The van der Waals surface area contributed by atoms with Crippen LogP contribution in [0.25, 0.3) is 0 Å². The molecular formula is C14H20N4O2. The third-order valence-electron chi connectivity index (χ3n) is 3.93. The summed E-state index contributed by atoms with van der Waals surface area (Å²) in [6.45, 7) is 3.84. The summed E-state index contributed by atoms with van der Waals surface area (Å²) >= 11 is 0. The van der Waals surface area contributed by atoms with E-state index in [-0.39, 0.29) is 12.0 Å². The van der Waals surface area contributed by atoms with Crippen LogP contribution in [0.1, 0.15) is 12.8 Å². The van der Waals surface area contributed by atoms with Crippen molar-refractivity contribution in [1.82, 2.24) is 9.88 Å². The zero-order valence-electron chi connectivity index (χ0n) is 11.5. The molecule has 2 saturated heterocycles. The summed E-state index contributed by atoms with van der Waals surface area (Å²) in [5, 5.41) is 0. The van der Waals surface area contributed by atoms with E-state index in [0.29, 0.717) is 12.4 Å². The topological polar surface area (TPSA) is 71.7 Å². The second-order valence-electron chi connectivity index (χ2n) is 5.26. The largest absolute Gasteiger partial charge is 0.384 e. The highest BCUT2D eigenvalue weighted by Gasteiger charge is 2.30. The lowest BCUT2D eigenvalue weighted by molar-refractivity contribution is -0.141. The molecular weight excluding hydrogens is 256 g/mol. The lowest BCUT2D eigenvalue weighted by atomic mass is 10.2. The molecule has 0 aromatic carbocycles. The summed E-state index contributed by atoms with van der Waals surface area (Å²) in [6.07, 6.45) is 3.43. The van der Waals surface area contributed by atoms with E-state index >= 15 is 0 Å². The van der Waals surface area contributed by atoms with Gasteiger partial charge >= 0.3 is 0 Å². The van der Waals surface area contributed by atoms with E-state index in [4.69, 9.17) is 10.5 Å². The Morgan fingerprint density at radius 2 is 2.10 bits per heavy atom. The molecule has 1 unspecified atom stereocenters. The first-order valence-electron chi connectivity index (χ1n) is 7.11. The second-order valence-corrected chi connectivity index (χ2v) is 5.26. The fourth-order valence-electron chi connectivity index (χ4n) is 2.75. The summed E-state index contributed by atoms with van der Waals surface area (Å²) < 4.78 is 5.46. The molecule has 2 aliphatic rings. The molecule has 0 aliphatic carbocycles. The molecule has 2 fully saturated rings. The number of nitrogens with two attached hydrogens (primary N) is 1. The maximum Gasteiger partial charge on any atom is 0.251 e. The fourth-order valence-corrected chi connectivity index (χ4v) is 2.75. The van der Waals surface area contributed by atoms with Gasteiger partial charge in [-0.25, -0.2) is 4.98 Å². The molecule has 1 aromatic rings. The smallest absolute Gasteiger partial charge is 0.251 e. The molecule has 6 nitrogen and oxygen atoms in total. The van der Waals surface area contributed by atoms with Gasteiger partial charge in [0.2, 0.25) is 0 Å². The number of pyridine rings is 1. The summed E-state index contributed by atoms with van der Waals surface area (Å²) in [7, 11) is 0. The van der Waals surface area contributed by atoms with Crippen LogP contribution in [0.5, 0.6) is 0 Å². The quantitative estimate of drug-likeness (QED) is 0.851. The summed E-state index contributed by atoms with van der Waals surface area (Å²) in [5.74, 6) is 0.679. The number of rotatable bonds is 2. The fraction of sp³-hybridized carbons (Fsp3) is 0.571. The Morgan fingerprint density at radius 1 is 1.30 bits per heavy atom. The first-order chi connectivity index (χ1) is 9.74. The number of anilines is 2. The number of amides is 1. The molecule has 108 valence electrons. The van der Waals surface area contributed by atoms with Gasteiger partial charge in [-0.1, -0.05) is 0 Å². The zero-order valence-corrected chi connectivity index (χ0v) is 11.5. The van der Waals surface area contributed by atoms with Crippen molar-refractivity contribution in [2.75, 3.05) is 43.4 Å². The molecule has 0 saturated carbocycles. The minimum Gasteiger partial charge on any atom is -0.384 e. The highest BCUT2D eigenvalue weighted by molar-refractivity contribution is 5.81. The number of ether oxygens (including phenoxy) is 1. The molecule has 0 radical (unpaired) electrons. The molecule has 3 heterocycles. The Labute approximate surface area is 118 Å². The van der Waals surface area contributed by atoms with E-state index < -0.39 is 0 Å². The monoisotopic (exact) mass is 276 g/mol. The van der Waals surface area contributed by atoms with Gasteiger partial charge in [0.1, 0.15) is 11.9 Å². The van der Waals surface area contributed by atoms with E-state index in [1.165, 1.54) is 0 Å². The minimum atomic E-state index is -0.209. The van der Waals surface area contributed by atoms with Gasteiger partial charge in [0.05, 0.1) is 11.9 Å². The number of aromatic nitrogens is 1. The van der Waals surface area contributed by atoms with E-state index in [2.05, 4.69) is 9.88 Å². The van der Waals surface area contributed by atoms with Crippen LogP contribution < -0.4 is 10.6 Å². The van der Waals surface area contributed by atoms with Crippen LogP contribution in [0.3, 0.4) is 0 Å². The average molecular weight is 276 g/mol. The van der Waals surface area contributed by atoms with Crippen LogP contribution in [-0.4, -0.2) is 54.7 Å².